The van der Waals surface area contributed by atoms with Crippen molar-refractivity contribution < 1.29 is 23.9 Å². The lowest BCUT2D eigenvalue weighted by Crippen LogP contribution is -2.35. The molecule has 0 bridgehead atoms. The molecule has 0 aliphatic rings. The van der Waals surface area contributed by atoms with Crippen LogP contribution in [0.2, 0.25) is 0 Å². The molecule has 0 heterocycles. The summed E-state index contributed by atoms with van der Waals surface area (Å²) in [7, 11) is 0. The van der Waals surface area contributed by atoms with Crippen molar-refractivity contribution in [2.45, 2.75) is 84.2 Å². The van der Waals surface area contributed by atoms with Crippen LogP contribution in [0, 0.1) is 5.82 Å². The van der Waals surface area contributed by atoms with Gasteiger partial charge in [-0.05, 0) is 70.1 Å². The highest BCUT2D eigenvalue weighted by Gasteiger charge is 2.22. The molecule has 0 saturated heterocycles. The molecule has 4 rings (SSSR count). The number of unbranched alkanes of at least 4 members (excludes halogenated alkanes) is 9. The van der Waals surface area contributed by atoms with E-state index in [1.165, 1.54) is 68.4 Å². The van der Waals surface area contributed by atoms with Crippen molar-refractivity contribution in [1.82, 2.24) is 10.2 Å². The molecule has 4 aromatic carbocycles. The molecule has 0 aromatic heterocycles. The van der Waals surface area contributed by atoms with Crippen LogP contribution >= 0.6 is 0 Å². The molecule has 252 valence electrons. The Morgan fingerprint density at radius 2 is 1.15 bits per heavy atom. The first-order chi connectivity index (χ1) is 23.3. The number of amides is 2. The van der Waals surface area contributed by atoms with Crippen molar-refractivity contribution in [3.63, 3.8) is 0 Å². The zero-order valence-electron chi connectivity index (χ0n) is 27.9. The largest absolute Gasteiger partial charge is 0.474 e. The molecule has 7 heteroatoms. The molecule has 0 spiro atoms. The Bertz CT molecular complexity index is 1600. The highest BCUT2D eigenvalue weighted by atomic mass is 19.1. The second-order valence-corrected chi connectivity index (χ2v) is 12.4. The quantitative estimate of drug-likeness (QED) is 0.0830. The summed E-state index contributed by atoms with van der Waals surface area (Å²) in [6.07, 6.45) is 12.6. The molecular weight excluding hydrogens is 603 g/mol. The number of halogens is 1. The first-order valence-corrected chi connectivity index (χ1v) is 17.2. The molecule has 4 aromatic rings. The van der Waals surface area contributed by atoms with E-state index in [9.17, 15) is 23.9 Å². The van der Waals surface area contributed by atoms with Gasteiger partial charge in [0.15, 0.2) is 0 Å². The van der Waals surface area contributed by atoms with E-state index in [-0.39, 0.29) is 24.8 Å². The van der Waals surface area contributed by atoms with Gasteiger partial charge in [0, 0.05) is 25.2 Å². The number of carbonyl (C=O) groups excluding carboxylic acids is 2. The van der Waals surface area contributed by atoms with Crippen molar-refractivity contribution >= 4 is 17.8 Å². The van der Waals surface area contributed by atoms with E-state index in [2.05, 4.69) is 12.2 Å². The van der Waals surface area contributed by atoms with E-state index in [1.807, 2.05) is 72.8 Å². The first-order valence-electron chi connectivity index (χ1n) is 17.2. The molecule has 0 unspecified atom stereocenters. The lowest BCUT2D eigenvalue weighted by Gasteiger charge is -2.21. The minimum absolute atomic E-state index is 0.0702. The molecule has 0 radical (unpaired) electrons. The lowest BCUT2D eigenvalue weighted by molar-refractivity contribution is -0.156. The topological polar surface area (TPSA) is 86.7 Å². The van der Waals surface area contributed by atoms with E-state index in [0.29, 0.717) is 12.1 Å². The van der Waals surface area contributed by atoms with Gasteiger partial charge in [-0.15, -0.1) is 0 Å². The fraction of sp³-hybridized carbons (Fsp3) is 0.341. The van der Waals surface area contributed by atoms with Crippen LogP contribution in [0.1, 0.15) is 92.6 Å². The number of carbonyl (C=O) groups is 3. The third-order valence-electron chi connectivity index (χ3n) is 8.57. The Morgan fingerprint density at radius 3 is 1.75 bits per heavy atom. The standard InChI is InChI=1S/C41H47FN2O4/c1-2-3-4-5-6-7-8-9-10-11-27-43-39(45)36-21-19-34(20-22-36)33-17-15-31(16-18-33)29-44(40(46)41(47)48)30-32-13-12-14-37(28-32)35-23-25-38(42)26-24-35/h12-26,28H,2-11,27,29-30H2,1H3,(H,43,45)(H,47,48). The summed E-state index contributed by atoms with van der Waals surface area (Å²) in [5, 5.41) is 12.5. The summed E-state index contributed by atoms with van der Waals surface area (Å²) < 4.78 is 13.4. The van der Waals surface area contributed by atoms with Crippen LogP contribution < -0.4 is 5.32 Å². The van der Waals surface area contributed by atoms with Gasteiger partial charge in [-0.25, -0.2) is 9.18 Å². The van der Waals surface area contributed by atoms with Crippen molar-refractivity contribution in [2.75, 3.05) is 6.54 Å². The Hall–Kier alpha value is -4.78. The number of nitrogens with zero attached hydrogens (tertiary/aromatic N) is 1. The average Bonchev–Trinajstić information content (AvgIpc) is 3.10. The van der Waals surface area contributed by atoms with Crippen LogP contribution in [0.25, 0.3) is 22.3 Å². The highest BCUT2D eigenvalue weighted by molar-refractivity contribution is 6.31. The van der Waals surface area contributed by atoms with Crippen LogP contribution in [-0.4, -0.2) is 34.3 Å². The maximum Gasteiger partial charge on any atom is 0.394 e. The van der Waals surface area contributed by atoms with Gasteiger partial charge in [-0.3, -0.25) is 9.59 Å². The van der Waals surface area contributed by atoms with E-state index >= 15 is 0 Å². The summed E-state index contributed by atoms with van der Waals surface area (Å²) in [4.78, 5) is 38.2. The number of benzene rings is 4. The van der Waals surface area contributed by atoms with Gasteiger partial charge >= 0.3 is 11.9 Å². The highest BCUT2D eigenvalue weighted by Crippen LogP contribution is 2.24. The molecule has 0 fully saturated rings. The predicted octanol–water partition coefficient (Wildman–Crippen LogP) is 9.42. The number of rotatable bonds is 18. The number of hydrogen-bond acceptors (Lipinski definition) is 3. The van der Waals surface area contributed by atoms with Crippen LogP contribution in [-0.2, 0) is 22.7 Å². The third-order valence-corrected chi connectivity index (χ3v) is 8.57. The summed E-state index contributed by atoms with van der Waals surface area (Å²) in [5.74, 6) is -2.91. The fourth-order valence-electron chi connectivity index (χ4n) is 5.80. The number of aliphatic carboxylic acids is 1. The molecule has 48 heavy (non-hydrogen) atoms. The maximum atomic E-state index is 13.4. The monoisotopic (exact) mass is 650 g/mol. The van der Waals surface area contributed by atoms with Crippen LogP contribution in [0.3, 0.4) is 0 Å². The number of carboxylic acids is 1. The van der Waals surface area contributed by atoms with E-state index in [4.69, 9.17) is 0 Å². The molecule has 6 nitrogen and oxygen atoms in total. The fourth-order valence-corrected chi connectivity index (χ4v) is 5.80. The smallest absolute Gasteiger partial charge is 0.394 e. The predicted molar refractivity (Wildman–Crippen MR) is 190 cm³/mol. The van der Waals surface area contributed by atoms with Crippen LogP contribution in [0.15, 0.2) is 97.1 Å². The second-order valence-electron chi connectivity index (χ2n) is 12.4. The minimum Gasteiger partial charge on any atom is -0.474 e. The summed E-state index contributed by atoms with van der Waals surface area (Å²) in [6.45, 7) is 3.14. The van der Waals surface area contributed by atoms with Crippen LogP contribution in [0.5, 0.6) is 0 Å². The first kappa shape index (κ1) is 36.1. The van der Waals surface area contributed by atoms with Gasteiger partial charge in [0.25, 0.3) is 5.91 Å². The Morgan fingerprint density at radius 1 is 0.625 bits per heavy atom. The molecule has 0 atom stereocenters. The van der Waals surface area contributed by atoms with E-state index < -0.39 is 11.9 Å². The van der Waals surface area contributed by atoms with Gasteiger partial charge in [0.2, 0.25) is 0 Å². The Kier molecular flexibility index (Phi) is 14.4. The number of carboxylic acid groups (broad SMARTS) is 1. The summed E-state index contributed by atoms with van der Waals surface area (Å²) in [6, 6.07) is 28.6. The molecular formula is C41H47FN2O4. The minimum atomic E-state index is -1.52. The zero-order valence-corrected chi connectivity index (χ0v) is 27.9. The Balaban J connectivity index is 1.27. The van der Waals surface area contributed by atoms with E-state index in [1.54, 1.807) is 12.1 Å². The van der Waals surface area contributed by atoms with Gasteiger partial charge in [0.05, 0.1) is 0 Å². The van der Waals surface area contributed by atoms with Crippen molar-refractivity contribution in [3.8, 4) is 22.3 Å². The van der Waals surface area contributed by atoms with Crippen LogP contribution in [0.4, 0.5) is 4.39 Å². The molecule has 2 N–H and O–H groups in total. The molecule has 0 aliphatic carbocycles. The Labute approximate surface area is 284 Å². The maximum absolute atomic E-state index is 13.4. The van der Waals surface area contributed by atoms with Crippen molar-refractivity contribution in [2.24, 2.45) is 0 Å². The third kappa shape index (κ3) is 11.5. The summed E-state index contributed by atoms with van der Waals surface area (Å²) >= 11 is 0. The van der Waals surface area contributed by atoms with Crippen molar-refractivity contribution in [3.05, 3.63) is 120 Å². The SMILES string of the molecule is CCCCCCCCCCCCNC(=O)c1ccc(-c2ccc(CN(Cc3cccc(-c4ccc(F)cc4)c3)C(=O)C(=O)O)cc2)cc1. The van der Waals surface area contributed by atoms with Crippen molar-refractivity contribution in [1.29, 1.82) is 0 Å². The molecule has 0 aliphatic heterocycles. The van der Waals surface area contributed by atoms with E-state index in [0.717, 1.165) is 46.2 Å². The number of nitrogens with one attached hydrogen (secondary N) is 1. The lowest BCUT2D eigenvalue weighted by atomic mass is 10.0. The zero-order chi connectivity index (χ0) is 34.1. The molecule has 0 saturated carbocycles. The second kappa shape index (κ2) is 19.1. The number of hydrogen-bond donors (Lipinski definition) is 2. The molecule has 2 amide bonds. The van der Waals surface area contributed by atoms with Gasteiger partial charge in [0.1, 0.15) is 5.82 Å². The summed E-state index contributed by atoms with van der Waals surface area (Å²) in [5.41, 5.74) is 5.72. The van der Waals surface area contributed by atoms with Gasteiger partial charge in [-0.1, -0.05) is 131 Å². The van der Waals surface area contributed by atoms with Gasteiger partial charge in [-0.2, -0.15) is 0 Å². The van der Waals surface area contributed by atoms with Gasteiger partial charge < -0.3 is 15.3 Å². The average molecular weight is 651 g/mol. The normalized spacial score (nSPS) is 10.9.